The van der Waals surface area contributed by atoms with Gasteiger partial charge in [-0.1, -0.05) is 0 Å². The molecule has 1 aliphatic rings. The number of carbonyl (C=O) groups excluding carboxylic acids is 1. The molecule has 0 bridgehead atoms. The van der Waals surface area contributed by atoms with Crippen LogP contribution in [0.3, 0.4) is 0 Å². The van der Waals surface area contributed by atoms with Gasteiger partial charge in [0.25, 0.3) is 0 Å². The summed E-state index contributed by atoms with van der Waals surface area (Å²) in [5, 5.41) is 0. The van der Waals surface area contributed by atoms with E-state index < -0.39 is 0 Å². The zero-order valence-corrected chi connectivity index (χ0v) is 8.12. The quantitative estimate of drug-likeness (QED) is 0.564. The van der Waals surface area contributed by atoms with Gasteiger partial charge in [0.1, 0.15) is 6.29 Å². The molecule has 1 saturated carbocycles. The van der Waals surface area contributed by atoms with Crippen molar-refractivity contribution >= 4 is 6.29 Å². The molecule has 1 aliphatic carbocycles. The molecule has 1 rings (SSSR count). The van der Waals surface area contributed by atoms with Gasteiger partial charge in [-0.25, -0.2) is 0 Å². The fourth-order valence-electron chi connectivity index (χ4n) is 1.41. The molecule has 12 heavy (non-hydrogen) atoms. The molecule has 0 heterocycles. The third-order valence-corrected chi connectivity index (χ3v) is 2.45. The summed E-state index contributed by atoms with van der Waals surface area (Å²) >= 11 is 0. The first-order chi connectivity index (χ1) is 5.74. The summed E-state index contributed by atoms with van der Waals surface area (Å²) < 4.78 is 0. The first kappa shape index (κ1) is 9.72. The highest BCUT2D eigenvalue weighted by Crippen LogP contribution is 2.30. The smallest absolute Gasteiger partial charge is 0.121 e. The summed E-state index contributed by atoms with van der Waals surface area (Å²) in [5.41, 5.74) is 0. The zero-order valence-electron chi connectivity index (χ0n) is 8.12. The highest BCUT2D eigenvalue weighted by molar-refractivity contribution is 5.49. The SMILES string of the molecule is CC(C)N(CCC=O)CC1CC1. The molecular weight excluding hydrogens is 150 g/mol. The van der Waals surface area contributed by atoms with Crippen molar-refractivity contribution in [3.05, 3.63) is 0 Å². The largest absolute Gasteiger partial charge is 0.303 e. The standard InChI is InChI=1S/C10H19NO/c1-9(2)11(6-3-7-12)8-10-4-5-10/h7,9-10H,3-6,8H2,1-2H3. The summed E-state index contributed by atoms with van der Waals surface area (Å²) in [5.74, 6) is 0.930. The summed E-state index contributed by atoms with van der Waals surface area (Å²) in [4.78, 5) is 12.6. The molecule has 0 radical (unpaired) electrons. The van der Waals surface area contributed by atoms with Gasteiger partial charge in [-0.2, -0.15) is 0 Å². The van der Waals surface area contributed by atoms with Crippen LogP contribution in [0.1, 0.15) is 33.1 Å². The molecule has 0 aromatic carbocycles. The summed E-state index contributed by atoms with van der Waals surface area (Å²) in [6.45, 7) is 6.55. The third-order valence-electron chi connectivity index (χ3n) is 2.45. The van der Waals surface area contributed by atoms with Crippen molar-refractivity contribution in [1.29, 1.82) is 0 Å². The lowest BCUT2D eigenvalue weighted by atomic mass is 10.2. The third kappa shape index (κ3) is 3.35. The Hall–Kier alpha value is -0.370. The van der Waals surface area contributed by atoms with Crippen molar-refractivity contribution in [3.63, 3.8) is 0 Å². The van der Waals surface area contributed by atoms with Crippen LogP contribution >= 0.6 is 0 Å². The van der Waals surface area contributed by atoms with E-state index in [0.717, 1.165) is 18.7 Å². The second-order valence-electron chi connectivity index (χ2n) is 3.99. The van der Waals surface area contributed by atoms with E-state index in [2.05, 4.69) is 18.7 Å². The molecule has 0 N–H and O–H groups in total. The molecule has 70 valence electrons. The number of aldehydes is 1. The summed E-state index contributed by atoms with van der Waals surface area (Å²) in [6, 6.07) is 0.588. The van der Waals surface area contributed by atoms with E-state index in [1.165, 1.54) is 19.4 Å². The molecule has 0 aliphatic heterocycles. The first-order valence-corrected chi connectivity index (χ1v) is 4.91. The number of hydrogen-bond acceptors (Lipinski definition) is 2. The lowest BCUT2D eigenvalue weighted by Crippen LogP contribution is -2.33. The fraction of sp³-hybridized carbons (Fsp3) is 0.900. The minimum atomic E-state index is 0.588. The Balaban J connectivity index is 2.20. The van der Waals surface area contributed by atoms with Crippen LogP contribution in [0.4, 0.5) is 0 Å². The minimum absolute atomic E-state index is 0.588. The highest BCUT2D eigenvalue weighted by Gasteiger charge is 2.24. The van der Waals surface area contributed by atoms with E-state index in [9.17, 15) is 4.79 Å². The Bertz CT molecular complexity index is 141. The molecule has 0 aromatic heterocycles. The highest BCUT2D eigenvalue weighted by atomic mass is 16.1. The lowest BCUT2D eigenvalue weighted by Gasteiger charge is -2.25. The van der Waals surface area contributed by atoms with E-state index in [-0.39, 0.29) is 0 Å². The number of rotatable bonds is 6. The van der Waals surface area contributed by atoms with Gasteiger partial charge in [-0.3, -0.25) is 0 Å². The van der Waals surface area contributed by atoms with Crippen LogP contribution in [0, 0.1) is 5.92 Å². The molecule has 2 heteroatoms. The van der Waals surface area contributed by atoms with Crippen LogP contribution in [-0.2, 0) is 4.79 Å². The van der Waals surface area contributed by atoms with E-state index in [1.54, 1.807) is 0 Å². The molecule has 0 aromatic rings. The lowest BCUT2D eigenvalue weighted by molar-refractivity contribution is -0.108. The molecule has 0 saturated heterocycles. The minimum Gasteiger partial charge on any atom is -0.303 e. The van der Waals surface area contributed by atoms with E-state index in [1.807, 2.05) is 0 Å². The van der Waals surface area contributed by atoms with Gasteiger partial charge >= 0.3 is 0 Å². The van der Waals surface area contributed by atoms with E-state index in [4.69, 9.17) is 0 Å². The predicted molar refractivity (Wildman–Crippen MR) is 50.1 cm³/mol. The topological polar surface area (TPSA) is 20.3 Å². The fourth-order valence-corrected chi connectivity index (χ4v) is 1.41. The second kappa shape index (κ2) is 4.61. The maximum Gasteiger partial charge on any atom is 0.121 e. The summed E-state index contributed by atoms with van der Waals surface area (Å²) in [7, 11) is 0. The number of hydrogen-bond donors (Lipinski definition) is 0. The van der Waals surface area contributed by atoms with Gasteiger partial charge in [0.05, 0.1) is 0 Å². The maximum atomic E-state index is 10.2. The van der Waals surface area contributed by atoms with E-state index >= 15 is 0 Å². The van der Waals surface area contributed by atoms with Crippen LogP contribution in [0.25, 0.3) is 0 Å². The Kier molecular flexibility index (Phi) is 3.73. The van der Waals surface area contributed by atoms with Crippen LogP contribution in [0.15, 0.2) is 0 Å². The number of carbonyl (C=O) groups is 1. The Morgan fingerprint density at radius 2 is 2.17 bits per heavy atom. The van der Waals surface area contributed by atoms with Crippen LogP contribution in [-0.4, -0.2) is 30.3 Å². The van der Waals surface area contributed by atoms with E-state index in [0.29, 0.717) is 12.5 Å². The first-order valence-electron chi connectivity index (χ1n) is 4.91. The molecule has 1 fully saturated rings. The Morgan fingerprint density at radius 1 is 1.50 bits per heavy atom. The number of nitrogens with zero attached hydrogens (tertiary/aromatic N) is 1. The van der Waals surface area contributed by atoms with Gasteiger partial charge in [0.15, 0.2) is 0 Å². The van der Waals surface area contributed by atoms with Gasteiger partial charge in [-0.05, 0) is 32.6 Å². The molecule has 2 nitrogen and oxygen atoms in total. The molecule has 0 unspecified atom stereocenters. The van der Waals surface area contributed by atoms with Gasteiger partial charge in [-0.15, -0.1) is 0 Å². The van der Waals surface area contributed by atoms with Crippen molar-refractivity contribution in [3.8, 4) is 0 Å². The van der Waals surface area contributed by atoms with Crippen LogP contribution < -0.4 is 0 Å². The van der Waals surface area contributed by atoms with Crippen LogP contribution in [0.2, 0.25) is 0 Å². The molecule has 0 amide bonds. The Labute approximate surface area is 74.9 Å². The van der Waals surface area contributed by atoms with Crippen molar-refractivity contribution < 1.29 is 4.79 Å². The van der Waals surface area contributed by atoms with Crippen LogP contribution in [0.5, 0.6) is 0 Å². The van der Waals surface area contributed by atoms with Gasteiger partial charge in [0, 0.05) is 25.6 Å². The molecule has 0 atom stereocenters. The molecular formula is C10H19NO. The summed E-state index contributed by atoms with van der Waals surface area (Å²) in [6.07, 6.45) is 4.49. The molecule has 0 spiro atoms. The zero-order chi connectivity index (χ0) is 8.97. The monoisotopic (exact) mass is 169 g/mol. The average Bonchev–Trinajstić information content (AvgIpc) is 2.80. The van der Waals surface area contributed by atoms with Crippen molar-refractivity contribution in [2.45, 2.75) is 39.2 Å². The van der Waals surface area contributed by atoms with Gasteiger partial charge in [0.2, 0.25) is 0 Å². The van der Waals surface area contributed by atoms with Crippen molar-refractivity contribution in [1.82, 2.24) is 4.90 Å². The Morgan fingerprint density at radius 3 is 2.58 bits per heavy atom. The predicted octanol–water partition coefficient (Wildman–Crippen LogP) is 1.70. The van der Waals surface area contributed by atoms with Crippen molar-refractivity contribution in [2.24, 2.45) is 5.92 Å². The average molecular weight is 169 g/mol. The van der Waals surface area contributed by atoms with Gasteiger partial charge < -0.3 is 9.69 Å². The van der Waals surface area contributed by atoms with Crippen molar-refractivity contribution in [2.75, 3.05) is 13.1 Å². The second-order valence-corrected chi connectivity index (χ2v) is 3.99. The maximum absolute atomic E-state index is 10.2. The normalized spacial score (nSPS) is 17.3.